The molecule has 0 atom stereocenters. The van der Waals surface area contributed by atoms with Crippen LogP contribution in [-0.4, -0.2) is 3.21 Å². The van der Waals surface area contributed by atoms with Crippen molar-refractivity contribution in [3.8, 4) is 33.4 Å². The quantitative estimate of drug-likeness (QED) is 0.156. The molecule has 0 heterocycles. The second-order valence-corrected chi connectivity index (χ2v) is 23.4. The van der Waals surface area contributed by atoms with Crippen molar-refractivity contribution in [2.75, 3.05) is 0 Å². The first kappa shape index (κ1) is 41.8. The van der Waals surface area contributed by atoms with Gasteiger partial charge in [0.1, 0.15) is 0 Å². The molecule has 2 aliphatic rings. The Hall–Kier alpha value is -3.87. The Morgan fingerprint density at radius 1 is 0.554 bits per heavy atom. The third kappa shape index (κ3) is 7.98. The van der Waals surface area contributed by atoms with Crippen LogP contribution in [0.4, 0.5) is 0 Å². The van der Waals surface area contributed by atoms with E-state index in [4.69, 9.17) is 0 Å². The van der Waals surface area contributed by atoms with Gasteiger partial charge in [-0.1, -0.05) is 0 Å². The third-order valence-corrected chi connectivity index (χ3v) is 19.0. The molecule has 2 aliphatic carbocycles. The zero-order valence-electron chi connectivity index (χ0n) is 34.1. The average molecular weight is 853 g/mol. The molecule has 0 spiro atoms. The minimum absolute atomic E-state index is 0. The Morgan fingerprint density at radius 3 is 1.62 bits per heavy atom. The minimum Gasteiger partial charge on any atom is -0.147 e. The normalized spacial score (nSPS) is 13.0. The number of fused-ring (bicyclic) bond motifs is 3. The van der Waals surface area contributed by atoms with E-state index in [2.05, 4.69) is 201 Å². The molecule has 3 heteroatoms. The first-order valence-electron chi connectivity index (χ1n) is 19.6. The minimum atomic E-state index is -3.05. The molecule has 0 N–H and O–H groups in total. The number of allylic oxidation sites excluding steroid dienone is 4. The average Bonchev–Trinajstić information content (AvgIpc) is 3.81. The number of rotatable bonds is 6. The predicted octanol–water partition coefficient (Wildman–Crippen LogP) is 14.0. The zero-order valence-corrected chi connectivity index (χ0v) is 38.2. The van der Waals surface area contributed by atoms with E-state index >= 15 is 0 Å². The number of aryl methyl sites for hydroxylation is 2. The summed E-state index contributed by atoms with van der Waals surface area (Å²) in [6.07, 6.45) is 9.20. The molecule has 0 fully saturated rings. The first-order chi connectivity index (χ1) is 25.9. The monoisotopic (exact) mass is 850 g/mol. The molecule has 0 saturated carbocycles. The van der Waals surface area contributed by atoms with Gasteiger partial charge in [0.25, 0.3) is 0 Å². The van der Waals surface area contributed by atoms with Crippen molar-refractivity contribution in [3.63, 3.8) is 0 Å². The van der Waals surface area contributed by atoms with E-state index in [1.54, 1.807) is 15.3 Å². The van der Waals surface area contributed by atoms with Crippen LogP contribution in [-0.2, 0) is 38.5 Å². The van der Waals surface area contributed by atoms with Crippen molar-refractivity contribution in [2.24, 2.45) is 0 Å². The van der Waals surface area contributed by atoms with Gasteiger partial charge < -0.3 is 0 Å². The summed E-state index contributed by atoms with van der Waals surface area (Å²) in [5.41, 5.74) is 19.6. The Balaban J connectivity index is 0.00000266. The number of halogens is 2. The van der Waals surface area contributed by atoms with Gasteiger partial charge in [0.2, 0.25) is 0 Å². The molecule has 0 bridgehead atoms. The molecular formula is C53H54Cl2Zr. The van der Waals surface area contributed by atoms with E-state index in [1.165, 1.54) is 72.3 Å². The molecule has 0 aliphatic heterocycles. The largest absolute Gasteiger partial charge is 0.147 e. The summed E-state index contributed by atoms with van der Waals surface area (Å²) >= 11 is -3.05. The topological polar surface area (TPSA) is 0 Å². The fourth-order valence-corrected chi connectivity index (χ4v) is 17.2. The van der Waals surface area contributed by atoms with Gasteiger partial charge in [-0.25, -0.2) is 0 Å². The summed E-state index contributed by atoms with van der Waals surface area (Å²) in [5, 5.41) is 0. The van der Waals surface area contributed by atoms with Gasteiger partial charge in [-0.15, -0.1) is 24.8 Å². The summed E-state index contributed by atoms with van der Waals surface area (Å²) in [4.78, 5) is 0. The molecule has 0 radical (unpaired) electrons. The van der Waals surface area contributed by atoms with Crippen LogP contribution in [0.2, 0.25) is 0 Å². The first-order valence-corrected chi connectivity index (χ1v) is 23.3. The summed E-state index contributed by atoms with van der Waals surface area (Å²) in [6, 6.07) is 48.9. The predicted molar refractivity (Wildman–Crippen MR) is 244 cm³/mol. The summed E-state index contributed by atoms with van der Waals surface area (Å²) in [5.74, 6) is 0. The van der Waals surface area contributed by atoms with Crippen LogP contribution < -0.4 is 3.27 Å². The van der Waals surface area contributed by atoms with E-state index in [-0.39, 0.29) is 35.6 Å². The van der Waals surface area contributed by atoms with Crippen molar-refractivity contribution >= 4 is 31.3 Å². The SMILES string of the molecule is Cc1cccc([C](c2cccc(C)c2)=[Zr]([C]2=CC=CC2)[c]2c3c(cc(C(C)(C)C)c2-c2ccccc2)-c2cc(C(C)(C)C)c(-c4ccccc4)cc2C3)c1.Cl.Cl. The molecule has 284 valence electrons. The zero-order chi connectivity index (χ0) is 37.8. The van der Waals surface area contributed by atoms with Gasteiger partial charge in [0.15, 0.2) is 0 Å². The molecule has 0 amide bonds. The van der Waals surface area contributed by atoms with Gasteiger partial charge in [0.05, 0.1) is 0 Å². The molecule has 8 rings (SSSR count). The van der Waals surface area contributed by atoms with Crippen LogP contribution in [0, 0.1) is 13.8 Å². The number of benzene rings is 6. The Labute approximate surface area is 355 Å². The maximum atomic E-state index is 2.61. The third-order valence-electron chi connectivity index (χ3n) is 11.3. The van der Waals surface area contributed by atoms with Crippen LogP contribution in [0.3, 0.4) is 0 Å². The van der Waals surface area contributed by atoms with Crippen LogP contribution in [0.25, 0.3) is 33.4 Å². The molecule has 0 unspecified atom stereocenters. The molecule has 0 aromatic heterocycles. The summed E-state index contributed by atoms with van der Waals surface area (Å²) in [7, 11) is 0. The van der Waals surface area contributed by atoms with Gasteiger partial charge in [-0.3, -0.25) is 0 Å². The van der Waals surface area contributed by atoms with Gasteiger partial charge in [0, 0.05) is 0 Å². The Bertz CT molecular complexity index is 2460. The molecule has 6 aromatic rings. The van der Waals surface area contributed by atoms with Crippen molar-refractivity contribution in [2.45, 2.75) is 79.1 Å². The maximum Gasteiger partial charge on any atom is -0.147 e. The molecule has 6 aromatic carbocycles. The van der Waals surface area contributed by atoms with Crippen molar-refractivity contribution in [1.82, 2.24) is 0 Å². The second-order valence-electron chi connectivity index (χ2n) is 17.5. The molecule has 0 nitrogen and oxygen atoms in total. The van der Waals surface area contributed by atoms with Crippen molar-refractivity contribution < 1.29 is 21.3 Å². The van der Waals surface area contributed by atoms with Crippen LogP contribution in [0.15, 0.2) is 149 Å². The van der Waals surface area contributed by atoms with E-state index in [0.717, 1.165) is 12.8 Å². The Kier molecular flexibility index (Phi) is 12.3. The van der Waals surface area contributed by atoms with E-state index in [9.17, 15) is 0 Å². The van der Waals surface area contributed by atoms with Crippen LogP contribution in [0.5, 0.6) is 0 Å². The molecular weight excluding hydrogens is 799 g/mol. The van der Waals surface area contributed by atoms with E-state index < -0.39 is 21.3 Å². The van der Waals surface area contributed by atoms with Crippen molar-refractivity contribution in [3.05, 3.63) is 193 Å². The fourth-order valence-electron chi connectivity index (χ4n) is 8.76. The van der Waals surface area contributed by atoms with E-state index in [1.807, 2.05) is 0 Å². The number of hydrogen-bond donors (Lipinski definition) is 0. The van der Waals surface area contributed by atoms with Gasteiger partial charge in [-0.2, -0.15) is 0 Å². The fraction of sp³-hybridized carbons (Fsp3) is 0.226. The van der Waals surface area contributed by atoms with Crippen molar-refractivity contribution in [1.29, 1.82) is 0 Å². The van der Waals surface area contributed by atoms with Gasteiger partial charge >= 0.3 is 334 Å². The smallest absolute Gasteiger partial charge is 0.147 e. The summed E-state index contributed by atoms with van der Waals surface area (Å²) in [6.45, 7) is 18.9. The van der Waals surface area contributed by atoms with E-state index in [0.29, 0.717) is 0 Å². The standard InChI is InChI=1S/C33H33.C15H14.C5H5.2ClH.Zr/c1-32(2,3)30-20-26-24(18-28(30)22-13-9-7-10-14-22)17-25-19-29(23-15-11-8-12-16-23)31(21-27(25)26)33(4,5)6;1-12-5-3-7-14(9-12)11-15-8-4-6-13(2)10-15;1-2-4-5-3-1;;;/h7-16,18,20-21H,17H2,1-6H3;3-10H,1-2H3;1-3H,4H2;2*1H;. The molecule has 0 saturated heterocycles. The maximum absolute atomic E-state index is 3.05. The molecule has 56 heavy (non-hydrogen) atoms. The number of hydrogen-bond acceptors (Lipinski definition) is 0. The van der Waals surface area contributed by atoms with Crippen LogP contribution >= 0.6 is 24.8 Å². The second kappa shape index (κ2) is 16.5. The summed E-state index contributed by atoms with van der Waals surface area (Å²) < 4.78 is 4.90. The Morgan fingerprint density at radius 2 is 1.11 bits per heavy atom. The van der Waals surface area contributed by atoms with Gasteiger partial charge in [-0.05, 0) is 0 Å². The van der Waals surface area contributed by atoms with Crippen LogP contribution in [0.1, 0.15) is 92.5 Å².